The van der Waals surface area contributed by atoms with Crippen LogP contribution in [0.4, 0.5) is 0 Å². The van der Waals surface area contributed by atoms with Gasteiger partial charge in [0.05, 0.1) is 0 Å². The Balaban J connectivity index is 1.99. The predicted octanol–water partition coefficient (Wildman–Crippen LogP) is 3.20. The van der Waals surface area contributed by atoms with E-state index in [9.17, 15) is 0 Å². The first-order valence-corrected chi connectivity index (χ1v) is 6.30. The first-order valence-electron chi connectivity index (χ1n) is 6.30. The van der Waals surface area contributed by atoms with E-state index in [2.05, 4.69) is 31.2 Å². The van der Waals surface area contributed by atoms with Gasteiger partial charge in [0.25, 0.3) is 0 Å². The molecular formula is C15H19N. The molecule has 1 heterocycles. The maximum Gasteiger partial charge on any atom is 0.0438 e. The molecular weight excluding hydrogens is 194 g/mol. The van der Waals surface area contributed by atoms with E-state index in [0.717, 1.165) is 19.0 Å². The topological polar surface area (TPSA) is 3.24 Å². The first-order chi connectivity index (χ1) is 7.71. The lowest BCUT2D eigenvalue weighted by Gasteiger charge is -2.38. The fourth-order valence-corrected chi connectivity index (χ4v) is 3.64. The van der Waals surface area contributed by atoms with E-state index in [-0.39, 0.29) is 0 Å². The van der Waals surface area contributed by atoms with Crippen molar-refractivity contribution in [2.24, 2.45) is 0 Å². The van der Waals surface area contributed by atoms with Gasteiger partial charge in [0.2, 0.25) is 0 Å². The van der Waals surface area contributed by atoms with E-state index in [4.69, 9.17) is 7.05 Å². The molecule has 1 spiro atoms. The second-order valence-electron chi connectivity index (χ2n) is 5.51. The molecule has 0 bridgehead atoms. The number of rotatable bonds is 0. The summed E-state index contributed by atoms with van der Waals surface area (Å²) in [6.45, 7) is 4.45. The van der Waals surface area contributed by atoms with Crippen molar-refractivity contribution in [3.63, 3.8) is 0 Å². The van der Waals surface area contributed by atoms with Gasteiger partial charge in [-0.2, -0.15) is 0 Å². The average molecular weight is 213 g/mol. The van der Waals surface area contributed by atoms with Gasteiger partial charge in [-0.1, -0.05) is 31.2 Å². The van der Waals surface area contributed by atoms with E-state index in [1.54, 1.807) is 11.1 Å². The highest BCUT2D eigenvalue weighted by Crippen LogP contribution is 2.51. The number of piperidine rings is 1. The molecule has 1 heteroatoms. The molecule has 1 aliphatic heterocycles. The molecule has 1 aromatic rings. The van der Waals surface area contributed by atoms with Crippen LogP contribution in [0.5, 0.6) is 0 Å². The number of nitrogens with zero attached hydrogens (tertiary/aromatic N) is 1. The van der Waals surface area contributed by atoms with Crippen molar-refractivity contribution >= 4 is 0 Å². The van der Waals surface area contributed by atoms with Crippen LogP contribution in [0, 0.1) is 7.05 Å². The Bertz CT molecular complexity index is 388. The van der Waals surface area contributed by atoms with Gasteiger partial charge >= 0.3 is 0 Å². The molecule has 0 aromatic heterocycles. The van der Waals surface area contributed by atoms with Crippen molar-refractivity contribution in [2.75, 3.05) is 13.1 Å². The molecule has 1 atom stereocenters. The summed E-state index contributed by atoms with van der Waals surface area (Å²) in [6.07, 6.45) is 3.77. The van der Waals surface area contributed by atoms with Gasteiger partial charge in [-0.3, -0.25) is 4.90 Å². The van der Waals surface area contributed by atoms with Crippen LogP contribution in [0.25, 0.3) is 0 Å². The lowest BCUT2D eigenvalue weighted by molar-refractivity contribution is 0.199. The van der Waals surface area contributed by atoms with Gasteiger partial charge in [0, 0.05) is 7.05 Å². The summed E-state index contributed by atoms with van der Waals surface area (Å²) >= 11 is 0. The van der Waals surface area contributed by atoms with Crippen LogP contribution < -0.4 is 0 Å². The Labute approximate surface area is 98.5 Å². The molecule has 0 N–H and O–H groups in total. The highest BCUT2D eigenvalue weighted by atomic mass is 15.1. The number of hydrogen-bond donors (Lipinski definition) is 0. The Morgan fingerprint density at radius 2 is 1.94 bits per heavy atom. The van der Waals surface area contributed by atoms with E-state index < -0.39 is 0 Å². The van der Waals surface area contributed by atoms with Crippen molar-refractivity contribution in [2.45, 2.75) is 37.5 Å². The van der Waals surface area contributed by atoms with Crippen molar-refractivity contribution < 1.29 is 0 Å². The van der Waals surface area contributed by atoms with Crippen LogP contribution in [0.3, 0.4) is 0 Å². The molecule has 16 heavy (non-hydrogen) atoms. The van der Waals surface area contributed by atoms with Crippen molar-refractivity contribution in [1.82, 2.24) is 4.90 Å². The standard InChI is InChI=1S/C15H19N/c1-12-11-15(7-9-16(2)10-8-15)14-6-4-3-5-13(12)14/h2-6,12H,7-11H2,1H3. The van der Waals surface area contributed by atoms with Gasteiger partial charge in [0.1, 0.15) is 0 Å². The normalized spacial score (nSPS) is 28.2. The van der Waals surface area contributed by atoms with Crippen LogP contribution in [0.2, 0.25) is 0 Å². The molecule has 3 rings (SSSR count). The van der Waals surface area contributed by atoms with E-state index >= 15 is 0 Å². The summed E-state index contributed by atoms with van der Waals surface area (Å²) in [4.78, 5) is 1.97. The Kier molecular flexibility index (Phi) is 2.32. The average Bonchev–Trinajstić information content (AvgIpc) is 2.58. The second kappa shape index (κ2) is 3.59. The zero-order chi connectivity index (χ0) is 11.2. The van der Waals surface area contributed by atoms with Gasteiger partial charge in [-0.05, 0) is 54.8 Å². The summed E-state index contributed by atoms with van der Waals surface area (Å²) in [5.41, 5.74) is 3.62. The van der Waals surface area contributed by atoms with Crippen molar-refractivity contribution in [1.29, 1.82) is 0 Å². The highest BCUT2D eigenvalue weighted by molar-refractivity contribution is 5.42. The summed E-state index contributed by atoms with van der Waals surface area (Å²) < 4.78 is 0. The van der Waals surface area contributed by atoms with Crippen molar-refractivity contribution in [3.8, 4) is 0 Å². The number of likely N-dealkylation sites (tertiary alicyclic amines) is 1. The number of hydrogen-bond acceptors (Lipinski definition) is 1. The number of benzene rings is 1. The Morgan fingerprint density at radius 1 is 1.25 bits per heavy atom. The van der Waals surface area contributed by atoms with Crippen LogP contribution >= 0.6 is 0 Å². The van der Waals surface area contributed by atoms with Crippen LogP contribution in [0.1, 0.15) is 43.2 Å². The molecule has 2 aliphatic rings. The molecule has 1 fully saturated rings. The van der Waals surface area contributed by atoms with E-state index in [1.165, 1.54) is 19.3 Å². The molecule has 1 aliphatic carbocycles. The van der Waals surface area contributed by atoms with Gasteiger partial charge in [-0.25, -0.2) is 0 Å². The molecule has 1 nitrogen and oxygen atoms in total. The zero-order valence-electron chi connectivity index (χ0n) is 9.95. The fourth-order valence-electron chi connectivity index (χ4n) is 3.64. The van der Waals surface area contributed by atoms with Gasteiger partial charge in [-0.15, -0.1) is 0 Å². The Morgan fingerprint density at radius 3 is 2.69 bits per heavy atom. The lowest BCUT2D eigenvalue weighted by Crippen LogP contribution is -2.38. The quantitative estimate of drug-likeness (QED) is 0.639. The summed E-state index contributed by atoms with van der Waals surface area (Å²) in [6, 6.07) is 9.01. The van der Waals surface area contributed by atoms with E-state index in [0.29, 0.717) is 5.41 Å². The van der Waals surface area contributed by atoms with Crippen LogP contribution in [-0.2, 0) is 5.41 Å². The summed E-state index contributed by atoms with van der Waals surface area (Å²) in [7, 11) is 5.87. The molecule has 84 valence electrons. The lowest BCUT2D eigenvalue weighted by atomic mass is 9.73. The molecule has 1 aromatic carbocycles. The summed E-state index contributed by atoms with van der Waals surface area (Å²) in [5.74, 6) is 0.723. The van der Waals surface area contributed by atoms with Crippen LogP contribution in [0.15, 0.2) is 24.3 Å². The monoisotopic (exact) mass is 213 g/mol. The third-order valence-corrected chi connectivity index (χ3v) is 4.52. The van der Waals surface area contributed by atoms with Crippen LogP contribution in [-0.4, -0.2) is 18.0 Å². The molecule has 1 saturated heterocycles. The highest BCUT2D eigenvalue weighted by Gasteiger charge is 2.43. The fraction of sp³-hybridized carbons (Fsp3) is 0.533. The minimum absolute atomic E-state index is 0.436. The number of fused-ring (bicyclic) bond motifs is 2. The zero-order valence-corrected chi connectivity index (χ0v) is 9.95. The third-order valence-electron chi connectivity index (χ3n) is 4.52. The van der Waals surface area contributed by atoms with E-state index in [1.807, 2.05) is 4.90 Å². The van der Waals surface area contributed by atoms with Crippen molar-refractivity contribution in [3.05, 3.63) is 42.4 Å². The largest absolute Gasteiger partial charge is 0.297 e. The van der Waals surface area contributed by atoms with Gasteiger partial charge < -0.3 is 0 Å². The Hall–Kier alpha value is -0.820. The molecule has 2 radical (unpaired) electrons. The minimum atomic E-state index is 0.436. The SMILES string of the molecule is [CH]N1CCC2(CC1)CC(C)c1ccccc12. The summed E-state index contributed by atoms with van der Waals surface area (Å²) in [5, 5.41) is 0. The molecule has 1 unspecified atom stereocenters. The maximum absolute atomic E-state index is 5.87. The maximum atomic E-state index is 5.87. The minimum Gasteiger partial charge on any atom is -0.297 e. The second-order valence-corrected chi connectivity index (χ2v) is 5.51. The predicted molar refractivity (Wildman–Crippen MR) is 66.3 cm³/mol. The first kappa shape index (κ1) is 10.3. The molecule has 0 amide bonds. The smallest absolute Gasteiger partial charge is 0.0438 e. The third kappa shape index (κ3) is 1.41. The molecule has 0 saturated carbocycles. The van der Waals surface area contributed by atoms with Gasteiger partial charge in [0.15, 0.2) is 0 Å².